The molecule has 0 bridgehead atoms. The van der Waals surface area contributed by atoms with Crippen LogP contribution in [0.15, 0.2) is 24.5 Å². The molecule has 0 spiro atoms. The van der Waals surface area contributed by atoms with Crippen molar-refractivity contribution in [3.63, 3.8) is 0 Å². The zero-order chi connectivity index (χ0) is 10.1. The third-order valence-corrected chi connectivity index (χ3v) is 2.07. The van der Waals surface area contributed by atoms with E-state index in [1.165, 1.54) is 13.3 Å². The van der Waals surface area contributed by atoms with Crippen molar-refractivity contribution in [2.45, 2.75) is 6.92 Å². The molecule has 0 saturated carbocycles. The number of nitrogens with zero attached hydrogens (tertiary/aromatic N) is 2. The second-order valence-corrected chi connectivity index (χ2v) is 3.02. The molecular formula is C10H9N3O. The summed E-state index contributed by atoms with van der Waals surface area (Å²) in [5.74, 6) is 0.381. The van der Waals surface area contributed by atoms with Crippen LogP contribution >= 0.6 is 0 Å². The molecule has 70 valence electrons. The molecule has 0 aliphatic rings. The third kappa shape index (κ3) is 1.21. The van der Waals surface area contributed by atoms with Gasteiger partial charge < -0.3 is 5.73 Å². The van der Waals surface area contributed by atoms with Crippen LogP contribution in [-0.2, 0) is 0 Å². The second kappa shape index (κ2) is 3.06. The van der Waals surface area contributed by atoms with E-state index in [2.05, 4.69) is 9.97 Å². The van der Waals surface area contributed by atoms with Gasteiger partial charge in [-0.3, -0.25) is 4.79 Å². The van der Waals surface area contributed by atoms with Gasteiger partial charge in [-0.25, -0.2) is 9.97 Å². The minimum absolute atomic E-state index is 0.0197. The Bertz CT molecular complexity index is 508. The van der Waals surface area contributed by atoms with Gasteiger partial charge in [0.05, 0.1) is 5.52 Å². The summed E-state index contributed by atoms with van der Waals surface area (Å²) in [6, 6.07) is 5.31. The van der Waals surface area contributed by atoms with Gasteiger partial charge >= 0.3 is 0 Å². The summed E-state index contributed by atoms with van der Waals surface area (Å²) in [7, 11) is 0. The monoisotopic (exact) mass is 187 g/mol. The maximum atomic E-state index is 11.3. The van der Waals surface area contributed by atoms with Gasteiger partial charge in [0, 0.05) is 10.9 Å². The number of carbonyl (C=O) groups is 1. The van der Waals surface area contributed by atoms with Crippen LogP contribution in [0.2, 0.25) is 0 Å². The number of nitrogen functional groups attached to an aromatic ring is 1. The zero-order valence-electron chi connectivity index (χ0n) is 7.69. The van der Waals surface area contributed by atoms with E-state index in [1.54, 1.807) is 18.2 Å². The number of ketones is 1. The maximum Gasteiger partial charge on any atom is 0.161 e. The van der Waals surface area contributed by atoms with E-state index >= 15 is 0 Å². The summed E-state index contributed by atoms with van der Waals surface area (Å²) in [4.78, 5) is 19.2. The van der Waals surface area contributed by atoms with Crippen molar-refractivity contribution in [2.75, 3.05) is 5.73 Å². The van der Waals surface area contributed by atoms with E-state index in [0.29, 0.717) is 16.9 Å². The molecule has 0 aliphatic heterocycles. The number of fused-ring (bicyclic) bond motifs is 1. The summed E-state index contributed by atoms with van der Waals surface area (Å²) < 4.78 is 0. The van der Waals surface area contributed by atoms with Crippen LogP contribution in [0, 0.1) is 0 Å². The lowest BCUT2D eigenvalue weighted by Crippen LogP contribution is -1.99. The minimum atomic E-state index is -0.0197. The molecule has 2 rings (SSSR count). The highest BCUT2D eigenvalue weighted by Gasteiger charge is 2.07. The van der Waals surface area contributed by atoms with Crippen molar-refractivity contribution in [3.8, 4) is 0 Å². The number of Topliss-reactive ketones (excluding diaryl/α,β-unsaturated/α-hetero) is 1. The van der Waals surface area contributed by atoms with Crippen molar-refractivity contribution in [3.05, 3.63) is 30.1 Å². The molecule has 0 saturated heterocycles. The SMILES string of the molecule is CC(=O)c1cccc2c(N)ncnc12. The first-order valence-corrected chi connectivity index (χ1v) is 4.20. The van der Waals surface area contributed by atoms with Crippen LogP contribution in [-0.4, -0.2) is 15.8 Å². The van der Waals surface area contributed by atoms with Gasteiger partial charge in [0.1, 0.15) is 12.1 Å². The molecule has 0 unspecified atom stereocenters. The standard InChI is InChI=1S/C10H9N3O/c1-6(14)7-3-2-4-8-9(7)12-5-13-10(8)11/h2-5H,1H3,(H2,11,12,13). The van der Waals surface area contributed by atoms with Crippen LogP contribution in [0.5, 0.6) is 0 Å². The van der Waals surface area contributed by atoms with Crippen LogP contribution in [0.25, 0.3) is 10.9 Å². The van der Waals surface area contributed by atoms with Crippen LogP contribution in [0.1, 0.15) is 17.3 Å². The first-order valence-electron chi connectivity index (χ1n) is 4.20. The highest BCUT2D eigenvalue weighted by atomic mass is 16.1. The molecule has 0 radical (unpaired) electrons. The summed E-state index contributed by atoms with van der Waals surface area (Å²) in [5.41, 5.74) is 6.86. The van der Waals surface area contributed by atoms with E-state index in [-0.39, 0.29) is 5.78 Å². The smallest absolute Gasteiger partial charge is 0.161 e. The number of rotatable bonds is 1. The number of aromatic nitrogens is 2. The van der Waals surface area contributed by atoms with E-state index in [0.717, 1.165) is 5.39 Å². The van der Waals surface area contributed by atoms with Crippen molar-refractivity contribution in [2.24, 2.45) is 0 Å². The van der Waals surface area contributed by atoms with Gasteiger partial charge in [-0.2, -0.15) is 0 Å². The van der Waals surface area contributed by atoms with Gasteiger partial charge in [0.25, 0.3) is 0 Å². The third-order valence-electron chi connectivity index (χ3n) is 2.07. The molecule has 0 atom stereocenters. The lowest BCUT2D eigenvalue weighted by Gasteiger charge is -2.02. The summed E-state index contributed by atoms with van der Waals surface area (Å²) >= 11 is 0. The fraction of sp³-hybridized carbons (Fsp3) is 0.100. The number of anilines is 1. The van der Waals surface area contributed by atoms with Gasteiger partial charge in [-0.05, 0) is 19.1 Å². The Labute approximate surface area is 80.8 Å². The van der Waals surface area contributed by atoms with Crippen molar-refractivity contribution >= 4 is 22.5 Å². The fourth-order valence-electron chi connectivity index (χ4n) is 1.39. The van der Waals surface area contributed by atoms with E-state index in [4.69, 9.17) is 5.73 Å². The molecule has 0 aliphatic carbocycles. The molecule has 1 aromatic heterocycles. The Morgan fingerprint density at radius 2 is 2.14 bits per heavy atom. The molecule has 2 N–H and O–H groups in total. The van der Waals surface area contributed by atoms with Gasteiger partial charge in [0.2, 0.25) is 0 Å². The van der Waals surface area contributed by atoms with Gasteiger partial charge in [-0.1, -0.05) is 6.07 Å². The maximum absolute atomic E-state index is 11.3. The Hall–Kier alpha value is -1.97. The second-order valence-electron chi connectivity index (χ2n) is 3.02. The lowest BCUT2D eigenvalue weighted by molar-refractivity contribution is 0.101. The largest absolute Gasteiger partial charge is 0.383 e. The van der Waals surface area contributed by atoms with E-state index in [9.17, 15) is 4.79 Å². The van der Waals surface area contributed by atoms with Crippen LogP contribution in [0.4, 0.5) is 5.82 Å². The minimum Gasteiger partial charge on any atom is -0.383 e. The predicted octanol–water partition coefficient (Wildman–Crippen LogP) is 1.41. The van der Waals surface area contributed by atoms with Crippen molar-refractivity contribution < 1.29 is 4.79 Å². The first-order chi connectivity index (χ1) is 6.70. The van der Waals surface area contributed by atoms with Crippen LogP contribution in [0.3, 0.4) is 0 Å². The topological polar surface area (TPSA) is 68.9 Å². The van der Waals surface area contributed by atoms with E-state index in [1.807, 2.05) is 0 Å². The van der Waals surface area contributed by atoms with Crippen molar-refractivity contribution in [1.82, 2.24) is 9.97 Å². The number of hydrogen-bond acceptors (Lipinski definition) is 4. The Morgan fingerprint density at radius 1 is 1.36 bits per heavy atom. The Balaban J connectivity index is 2.88. The number of hydrogen-bond donors (Lipinski definition) is 1. The summed E-state index contributed by atoms with van der Waals surface area (Å²) in [6.45, 7) is 1.51. The van der Waals surface area contributed by atoms with Gasteiger partial charge in [-0.15, -0.1) is 0 Å². The highest BCUT2D eigenvalue weighted by molar-refractivity contribution is 6.07. The fourth-order valence-corrected chi connectivity index (χ4v) is 1.39. The lowest BCUT2D eigenvalue weighted by atomic mass is 10.1. The number of para-hydroxylation sites is 1. The predicted molar refractivity (Wildman–Crippen MR) is 54.0 cm³/mol. The van der Waals surface area contributed by atoms with Crippen molar-refractivity contribution in [1.29, 1.82) is 0 Å². The van der Waals surface area contributed by atoms with Gasteiger partial charge in [0.15, 0.2) is 5.78 Å². The molecule has 1 aromatic carbocycles. The number of benzene rings is 1. The average Bonchev–Trinajstić information content (AvgIpc) is 2.17. The molecule has 4 heteroatoms. The molecule has 0 amide bonds. The average molecular weight is 187 g/mol. The molecule has 0 fully saturated rings. The Kier molecular flexibility index (Phi) is 1.89. The molecule has 14 heavy (non-hydrogen) atoms. The number of nitrogens with two attached hydrogens (primary N) is 1. The quantitative estimate of drug-likeness (QED) is 0.685. The van der Waals surface area contributed by atoms with E-state index < -0.39 is 0 Å². The summed E-state index contributed by atoms with van der Waals surface area (Å²) in [6.07, 6.45) is 1.37. The molecular weight excluding hydrogens is 178 g/mol. The number of carbonyl (C=O) groups excluding carboxylic acids is 1. The zero-order valence-corrected chi connectivity index (χ0v) is 7.69. The first kappa shape index (κ1) is 8.62. The Morgan fingerprint density at radius 3 is 2.86 bits per heavy atom. The highest BCUT2D eigenvalue weighted by Crippen LogP contribution is 2.19. The van der Waals surface area contributed by atoms with Crippen LogP contribution < -0.4 is 5.73 Å². The normalized spacial score (nSPS) is 10.4. The molecule has 2 aromatic rings. The molecule has 1 heterocycles. The molecule has 4 nitrogen and oxygen atoms in total. The summed E-state index contributed by atoms with van der Waals surface area (Å²) in [5, 5.41) is 0.722.